The summed E-state index contributed by atoms with van der Waals surface area (Å²) in [5, 5.41) is 12.6. The Morgan fingerprint density at radius 3 is 2.30 bits per heavy atom. The summed E-state index contributed by atoms with van der Waals surface area (Å²) in [6.07, 6.45) is -1.12. The molecule has 1 aliphatic heterocycles. The summed E-state index contributed by atoms with van der Waals surface area (Å²) in [7, 11) is 0. The van der Waals surface area contributed by atoms with Gasteiger partial charge in [0.05, 0.1) is 13.1 Å². The molecule has 1 aliphatic carbocycles. The van der Waals surface area contributed by atoms with Gasteiger partial charge in [-0.2, -0.15) is 0 Å². The second kappa shape index (κ2) is 10.9. The van der Waals surface area contributed by atoms with Crippen LogP contribution in [-0.2, 0) is 22.6 Å². The summed E-state index contributed by atoms with van der Waals surface area (Å²) >= 11 is 0. The highest BCUT2D eigenvalue weighted by Crippen LogP contribution is 2.44. The van der Waals surface area contributed by atoms with Gasteiger partial charge in [-0.25, -0.2) is 14.4 Å². The van der Waals surface area contributed by atoms with E-state index in [0.717, 1.165) is 22.3 Å². The monoisotopic (exact) mass is 544 g/mol. The summed E-state index contributed by atoms with van der Waals surface area (Å²) in [6, 6.07) is 19.4. The van der Waals surface area contributed by atoms with Crippen LogP contribution in [0.25, 0.3) is 11.1 Å². The molecule has 0 unspecified atom stereocenters. The number of aromatic carboxylic acids is 1. The second-order valence-electron chi connectivity index (χ2n) is 10.9. The van der Waals surface area contributed by atoms with Crippen LogP contribution in [-0.4, -0.2) is 53.5 Å². The molecule has 0 fully saturated rings. The molecule has 0 saturated carbocycles. The van der Waals surface area contributed by atoms with E-state index < -0.39 is 23.8 Å². The zero-order valence-electron chi connectivity index (χ0n) is 22.7. The summed E-state index contributed by atoms with van der Waals surface area (Å²) in [4.78, 5) is 38.9. The number of ether oxygens (including phenoxy) is 3. The topological polar surface area (TPSA) is 114 Å². The first-order valence-electron chi connectivity index (χ1n) is 13.2. The predicted molar refractivity (Wildman–Crippen MR) is 147 cm³/mol. The normalized spacial score (nSPS) is 14.2. The van der Waals surface area contributed by atoms with Crippen LogP contribution in [0.2, 0.25) is 0 Å². The molecule has 0 saturated heterocycles. The first kappa shape index (κ1) is 27.1. The Labute approximate surface area is 232 Å². The van der Waals surface area contributed by atoms with Crippen LogP contribution in [0.1, 0.15) is 59.3 Å². The van der Waals surface area contributed by atoms with E-state index in [1.54, 1.807) is 26.8 Å². The molecular formula is C31H32N2O7. The van der Waals surface area contributed by atoms with Gasteiger partial charge in [-0.1, -0.05) is 48.5 Å². The van der Waals surface area contributed by atoms with Crippen molar-refractivity contribution in [1.29, 1.82) is 0 Å². The lowest BCUT2D eigenvalue weighted by Gasteiger charge is -2.26. The number of carbonyl (C=O) groups is 3. The average molecular weight is 545 g/mol. The maximum absolute atomic E-state index is 12.7. The van der Waals surface area contributed by atoms with Gasteiger partial charge < -0.3 is 29.5 Å². The van der Waals surface area contributed by atoms with Crippen molar-refractivity contribution in [2.24, 2.45) is 0 Å². The van der Waals surface area contributed by atoms with Gasteiger partial charge in [0.2, 0.25) is 0 Å². The minimum atomic E-state index is -1.16. The maximum atomic E-state index is 12.7. The number of carbonyl (C=O) groups excluding carboxylic acids is 2. The molecular weight excluding hydrogens is 512 g/mol. The lowest BCUT2D eigenvalue weighted by Crippen LogP contribution is -2.37. The van der Waals surface area contributed by atoms with Gasteiger partial charge in [-0.3, -0.25) is 0 Å². The summed E-state index contributed by atoms with van der Waals surface area (Å²) in [6.45, 7) is 6.04. The van der Waals surface area contributed by atoms with Gasteiger partial charge in [0.1, 0.15) is 30.1 Å². The number of benzene rings is 3. The first-order valence-corrected chi connectivity index (χ1v) is 13.2. The molecule has 9 nitrogen and oxygen atoms in total. The van der Waals surface area contributed by atoms with Crippen LogP contribution in [0, 0.1) is 0 Å². The first-order chi connectivity index (χ1) is 19.1. The minimum absolute atomic E-state index is 0.0344. The second-order valence-corrected chi connectivity index (χ2v) is 10.9. The zero-order valence-corrected chi connectivity index (χ0v) is 22.7. The Morgan fingerprint density at radius 2 is 1.68 bits per heavy atom. The Kier molecular flexibility index (Phi) is 7.38. The van der Waals surface area contributed by atoms with Crippen LogP contribution < -0.4 is 10.1 Å². The predicted octanol–water partition coefficient (Wildman–Crippen LogP) is 5.55. The number of nitrogens with one attached hydrogen (secondary N) is 1. The highest BCUT2D eigenvalue weighted by Gasteiger charge is 2.30. The number of nitrogens with zero attached hydrogens (tertiary/aromatic N) is 1. The number of amides is 2. The van der Waals surface area contributed by atoms with Gasteiger partial charge in [0.15, 0.2) is 0 Å². The highest BCUT2D eigenvalue weighted by molar-refractivity contribution is 5.92. The number of hydrogen-bond acceptors (Lipinski definition) is 6. The number of carboxylic acid groups (broad SMARTS) is 1. The maximum Gasteiger partial charge on any atom is 0.410 e. The van der Waals surface area contributed by atoms with E-state index >= 15 is 0 Å². The van der Waals surface area contributed by atoms with Crippen molar-refractivity contribution < 1.29 is 33.7 Å². The van der Waals surface area contributed by atoms with Gasteiger partial charge in [-0.05, 0) is 60.7 Å². The van der Waals surface area contributed by atoms with E-state index in [0.29, 0.717) is 11.1 Å². The molecule has 208 valence electrons. The molecule has 1 heterocycles. The van der Waals surface area contributed by atoms with Crippen LogP contribution >= 0.6 is 0 Å². The van der Waals surface area contributed by atoms with Crippen molar-refractivity contribution in [3.05, 3.63) is 88.5 Å². The quantitative estimate of drug-likeness (QED) is 0.433. The smallest absolute Gasteiger partial charge is 0.410 e. The van der Waals surface area contributed by atoms with Gasteiger partial charge in [-0.15, -0.1) is 0 Å². The van der Waals surface area contributed by atoms with Crippen LogP contribution in [0.3, 0.4) is 0 Å². The van der Waals surface area contributed by atoms with E-state index in [1.807, 2.05) is 36.4 Å². The largest absolute Gasteiger partial charge is 0.490 e. The lowest BCUT2D eigenvalue weighted by atomic mass is 9.98. The molecule has 3 aromatic carbocycles. The number of hydrogen-bond donors (Lipinski definition) is 2. The number of carboxylic acids is 1. The van der Waals surface area contributed by atoms with Crippen molar-refractivity contribution in [2.45, 2.75) is 45.4 Å². The van der Waals surface area contributed by atoms with E-state index in [9.17, 15) is 19.5 Å². The average Bonchev–Trinajstić information content (AvgIpc) is 3.06. The molecule has 0 radical (unpaired) electrons. The molecule has 9 heteroatoms. The fourth-order valence-corrected chi connectivity index (χ4v) is 5.15. The summed E-state index contributed by atoms with van der Waals surface area (Å²) in [5.41, 5.74) is 4.86. The SMILES string of the molecule is CC(C)(C)OC(=O)N1CCOc2c(cc(CNC(=O)OCC3c4ccccc4-c4ccccc43)cc2C(=O)O)C1. The van der Waals surface area contributed by atoms with Crippen LogP contribution in [0.15, 0.2) is 60.7 Å². The van der Waals surface area contributed by atoms with Crippen molar-refractivity contribution in [3.8, 4) is 16.9 Å². The van der Waals surface area contributed by atoms with Gasteiger partial charge >= 0.3 is 18.2 Å². The van der Waals surface area contributed by atoms with Crippen LogP contribution in [0.5, 0.6) is 5.75 Å². The number of rotatable bonds is 5. The minimum Gasteiger partial charge on any atom is -0.490 e. The molecule has 0 aromatic heterocycles. The number of alkyl carbamates (subject to hydrolysis) is 1. The third-order valence-corrected chi connectivity index (χ3v) is 6.86. The Morgan fingerprint density at radius 1 is 1.02 bits per heavy atom. The number of fused-ring (bicyclic) bond motifs is 4. The van der Waals surface area contributed by atoms with Crippen LogP contribution in [0.4, 0.5) is 9.59 Å². The third-order valence-electron chi connectivity index (χ3n) is 6.86. The summed E-state index contributed by atoms with van der Waals surface area (Å²) in [5.74, 6) is -1.02. The molecule has 2 amide bonds. The van der Waals surface area contributed by atoms with Gasteiger partial charge in [0, 0.05) is 18.0 Å². The molecule has 5 rings (SSSR count). The Balaban J connectivity index is 1.27. The molecule has 40 heavy (non-hydrogen) atoms. The van der Waals surface area contributed by atoms with Crippen molar-refractivity contribution >= 4 is 18.2 Å². The van der Waals surface area contributed by atoms with Gasteiger partial charge in [0.25, 0.3) is 0 Å². The van der Waals surface area contributed by atoms with Crippen molar-refractivity contribution in [1.82, 2.24) is 10.2 Å². The van der Waals surface area contributed by atoms with Crippen molar-refractivity contribution in [3.63, 3.8) is 0 Å². The molecule has 2 N–H and O–H groups in total. The lowest BCUT2D eigenvalue weighted by molar-refractivity contribution is 0.0225. The highest BCUT2D eigenvalue weighted by atomic mass is 16.6. The van der Waals surface area contributed by atoms with E-state index in [2.05, 4.69) is 17.4 Å². The Bertz CT molecular complexity index is 1410. The van der Waals surface area contributed by atoms with E-state index in [-0.39, 0.29) is 50.1 Å². The summed E-state index contributed by atoms with van der Waals surface area (Å²) < 4.78 is 16.8. The molecule has 0 atom stereocenters. The fourth-order valence-electron chi connectivity index (χ4n) is 5.15. The van der Waals surface area contributed by atoms with E-state index in [4.69, 9.17) is 14.2 Å². The molecule has 3 aromatic rings. The third kappa shape index (κ3) is 5.73. The molecule has 0 bridgehead atoms. The van der Waals surface area contributed by atoms with E-state index in [1.165, 1.54) is 11.0 Å². The zero-order chi connectivity index (χ0) is 28.4. The molecule has 2 aliphatic rings. The van der Waals surface area contributed by atoms with Crippen molar-refractivity contribution in [2.75, 3.05) is 19.8 Å². The molecule has 0 spiro atoms. The fraction of sp³-hybridized carbons (Fsp3) is 0.323. The standard InChI is InChI=1S/C31H32N2O7/c1-31(2,3)40-30(37)33-12-13-38-27-20(17-33)14-19(15-25(27)28(34)35)16-32-29(36)39-18-26-23-10-6-4-8-21(23)22-9-5-7-11-24(22)26/h4-11,14-15,26H,12-13,16-18H2,1-3H3,(H,32,36)(H,34,35). The Hall–Kier alpha value is -4.53.